The van der Waals surface area contributed by atoms with Crippen molar-refractivity contribution in [3.63, 3.8) is 0 Å². The maximum absolute atomic E-state index is 13.4. The predicted molar refractivity (Wildman–Crippen MR) is 110 cm³/mol. The van der Waals surface area contributed by atoms with Crippen molar-refractivity contribution in [3.05, 3.63) is 79.7 Å². The van der Waals surface area contributed by atoms with Crippen LogP contribution in [0.4, 0.5) is 15.9 Å². The lowest BCUT2D eigenvalue weighted by Gasteiger charge is -2.06. The molecule has 2 N–H and O–H groups in total. The third-order valence-corrected chi connectivity index (χ3v) is 4.87. The van der Waals surface area contributed by atoms with Gasteiger partial charge in [0, 0.05) is 25.0 Å². The lowest BCUT2D eigenvalue weighted by molar-refractivity contribution is -0.384. The number of benzene rings is 2. The van der Waals surface area contributed by atoms with Gasteiger partial charge in [0.25, 0.3) is 5.69 Å². The topological polar surface area (TPSA) is 144 Å². The number of carbonyl (C=O) groups excluding carboxylic acids is 1. The Balaban J connectivity index is 1.66. The minimum atomic E-state index is -0.508. The number of anilines is 1. The highest BCUT2D eigenvalue weighted by atomic mass is 79.9. The molecular formula is C19H15BrFN5O5. The first-order valence-corrected chi connectivity index (χ1v) is 9.67. The molecule has 0 atom stereocenters. The first-order chi connectivity index (χ1) is 14.9. The molecule has 0 spiro atoms. The molecule has 160 valence electrons. The molecular weight excluding hydrogens is 477 g/mol. The second-order valence-electron chi connectivity index (χ2n) is 6.41. The molecule has 0 radical (unpaired) electrons. The summed E-state index contributed by atoms with van der Waals surface area (Å²) in [5.41, 5.74) is 1.26. The molecule has 3 aromatic rings. The van der Waals surface area contributed by atoms with Crippen molar-refractivity contribution >= 4 is 39.1 Å². The van der Waals surface area contributed by atoms with Crippen molar-refractivity contribution in [1.29, 1.82) is 0 Å². The van der Waals surface area contributed by atoms with Crippen molar-refractivity contribution in [2.24, 2.45) is 5.16 Å². The molecule has 1 amide bonds. The molecule has 0 saturated heterocycles. The third kappa shape index (κ3) is 5.69. The smallest absolute Gasteiger partial charge is 0.269 e. The summed E-state index contributed by atoms with van der Waals surface area (Å²) in [4.78, 5) is 22.6. The number of hydrogen-bond donors (Lipinski definition) is 2. The molecule has 0 unspecified atom stereocenters. The van der Waals surface area contributed by atoms with Crippen LogP contribution in [0.3, 0.4) is 0 Å². The maximum atomic E-state index is 13.4. The van der Waals surface area contributed by atoms with Gasteiger partial charge >= 0.3 is 0 Å². The Bertz CT molecular complexity index is 1150. The Hall–Kier alpha value is -3.67. The van der Waals surface area contributed by atoms with Gasteiger partial charge in [-0.2, -0.15) is 0 Å². The zero-order valence-corrected chi connectivity index (χ0v) is 17.4. The van der Waals surface area contributed by atoms with Gasteiger partial charge in [-0.3, -0.25) is 14.9 Å². The van der Waals surface area contributed by atoms with E-state index in [0.717, 1.165) is 0 Å². The fraction of sp³-hybridized carbons (Fsp3) is 0.158. The van der Waals surface area contributed by atoms with E-state index in [1.165, 1.54) is 30.3 Å². The van der Waals surface area contributed by atoms with Crippen LogP contribution in [0, 0.1) is 15.9 Å². The summed E-state index contributed by atoms with van der Waals surface area (Å²) in [5, 5.41) is 33.2. The lowest BCUT2D eigenvalue weighted by atomic mass is 10.1. The minimum Gasteiger partial charge on any atom is -0.411 e. The average Bonchev–Trinajstić information content (AvgIpc) is 3.21. The number of rotatable bonds is 8. The average molecular weight is 492 g/mol. The zero-order chi connectivity index (χ0) is 22.4. The number of halogens is 2. The summed E-state index contributed by atoms with van der Waals surface area (Å²) >= 11 is 3.08. The monoisotopic (exact) mass is 491 g/mol. The summed E-state index contributed by atoms with van der Waals surface area (Å²) in [6, 6.07) is 10.3. The summed E-state index contributed by atoms with van der Waals surface area (Å²) in [6.45, 7) is 0. The van der Waals surface area contributed by atoms with Gasteiger partial charge in [-0.05, 0) is 55.9 Å². The van der Waals surface area contributed by atoms with E-state index in [-0.39, 0.29) is 46.6 Å². The molecule has 0 aliphatic rings. The molecule has 0 aliphatic heterocycles. The van der Waals surface area contributed by atoms with E-state index in [4.69, 9.17) is 0 Å². The molecule has 10 nitrogen and oxygen atoms in total. The Labute approximate surface area is 183 Å². The van der Waals surface area contributed by atoms with Crippen molar-refractivity contribution in [3.8, 4) is 0 Å². The van der Waals surface area contributed by atoms with E-state index >= 15 is 0 Å². The van der Waals surface area contributed by atoms with Crippen LogP contribution in [0.25, 0.3) is 0 Å². The van der Waals surface area contributed by atoms with Gasteiger partial charge in [-0.25, -0.2) is 9.02 Å². The second-order valence-corrected chi connectivity index (χ2v) is 7.26. The predicted octanol–water partition coefficient (Wildman–Crippen LogP) is 3.87. The van der Waals surface area contributed by atoms with Gasteiger partial charge < -0.3 is 10.5 Å². The van der Waals surface area contributed by atoms with E-state index in [2.05, 4.69) is 41.3 Å². The Morgan fingerprint density at radius 1 is 1.26 bits per heavy atom. The van der Waals surface area contributed by atoms with Gasteiger partial charge in [0.05, 0.1) is 9.40 Å². The standard InChI is InChI=1S/C19H15BrFN5O5/c20-14-9-12(4-6-15(14)21)10-16(23-28)18-19(25-31-24-18)22-17(27)7-5-11-2-1-3-13(8-11)26(29)30/h1-4,6,8-9,28H,5,7,10H2,(H,22,25,27). The fourth-order valence-electron chi connectivity index (χ4n) is 2.75. The molecule has 1 heterocycles. The van der Waals surface area contributed by atoms with E-state index in [0.29, 0.717) is 11.1 Å². The van der Waals surface area contributed by atoms with Crippen LogP contribution in [-0.2, 0) is 17.6 Å². The fourth-order valence-corrected chi connectivity index (χ4v) is 3.17. The van der Waals surface area contributed by atoms with Crippen molar-refractivity contribution in [2.75, 3.05) is 5.32 Å². The van der Waals surface area contributed by atoms with Crippen LogP contribution in [0.1, 0.15) is 23.2 Å². The number of oxime groups is 1. The number of amides is 1. The van der Waals surface area contributed by atoms with Gasteiger partial charge in [-0.15, -0.1) is 0 Å². The van der Waals surface area contributed by atoms with Crippen LogP contribution >= 0.6 is 15.9 Å². The van der Waals surface area contributed by atoms with Crippen LogP contribution in [0.5, 0.6) is 0 Å². The highest BCUT2D eigenvalue weighted by Gasteiger charge is 2.20. The molecule has 0 saturated carbocycles. The van der Waals surface area contributed by atoms with E-state index in [1.54, 1.807) is 12.1 Å². The van der Waals surface area contributed by atoms with Gasteiger partial charge in [0.1, 0.15) is 11.5 Å². The number of nitrogens with zero attached hydrogens (tertiary/aromatic N) is 4. The first kappa shape index (κ1) is 22.0. The highest BCUT2D eigenvalue weighted by Crippen LogP contribution is 2.20. The first-order valence-electron chi connectivity index (χ1n) is 8.88. The number of hydrogen-bond acceptors (Lipinski definition) is 8. The SMILES string of the molecule is O=C(CCc1cccc([N+](=O)[O-])c1)Nc1nonc1C(Cc1ccc(F)c(Br)c1)=NO. The molecule has 3 rings (SSSR count). The number of nitrogens with one attached hydrogen (secondary N) is 1. The Morgan fingerprint density at radius 3 is 2.77 bits per heavy atom. The number of nitro benzene ring substituents is 1. The molecule has 0 aliphatic carbocycles. The summed E-state index contributed by atoms with van der Waals surface area (Å²) in [7, 11) is 0. The van der Waals surface area contributed by atoms with Crippen LogP contribution in [0.2, 0.25) is 0 Å². The second kappa shape index (κ2) is 9.89. The molecule has 1 aromatic heterocycles. The van der Waals surface area contributed by atoms with Crippen LogP contribution < -0.4 is 5.32 Å². The summed E-state index contributed by atoms with van der Waals surface area (Å²) in [5.74, 6) is -0.922. The van der Waals surface area contributed by atoms with Crippen molar-refractivity contribution in [2.45, 2.75) is 19.3 Å². The quantitative estimate of drug-likeness (QED) is 0.210. The lowest BCUT2D eigenvalue weighted by Crippen LogP contribution is -2.16. The molecule has 12 heteroatoms. The summed E-state index contributed by atoms with van der Waals surface area (Å²) < 4.78 is 18.3. The third-order valence-electron chi connectivity index (χ3n) is 4.26. The largest absolute Gasteiger partial charge is 0.411 e. The Kier molecular flexibility index (Phi) is 7.03. The Morgan fingerprint density at radius 2 is 2.06 bits per heavy atom. The molecule has 2 aromatic carbocycles. The maximum Gasteiger partial charge on any atom is 0.269 e. The van der Waals surface area contributed by atoms with E-state index in [1.807, 2.05) is 0 Å². The zero-order valence-electron chi connectivity index (χ0n) is 15.8. The molecule has 31 heavy (non-hydrogen) atoms. The van der Waals surface area contributed by atoms with Gasteiger partial charge in [0.15, 0.2) is 5.69 Å². The van der Waals surface area contributed by atoms with Gasteiger partial charge in [-0.1, -0.05) is 23.4 Å². The summed E-state index contributed by atoms with van der Waals surface area (Å²) in [6.07, 6.45) is 0.350. The molecule has 0 fully saturated rings. The highest BCUT2D eigenvalue weighted by molar-refractivity contribution is 9.10. The molecule has 0 bridgehead atoms. The van der Waals surface area contributed by atoms with Gasteiger partial charge in [0.2, 0.25) is 11.7 Å². The van der Waals surface area contributed by atoms with E-state index in [9.17, 15) is 24.5 Å². The number of aromatic nitrogens is 2. The normalized spacial score (nSPS) is 11.4. The number of nitro groups is 1. The van der Waals surface area contributed by atoms with Crippen LogP contribution in [-0.4, -0.2) is 32.1 Å². The van der Waals surface area contributed by atoms with Crippen molar-refractivity contribution in [1.82, 2.24) is 10.3 Å². The van der Waals surface area contributed by atoms with Crippen LogP contribution in [0.15, 0.2) is 56.7 Å². The van der Waals surface area contributed by atoms with Crippen molar-refractivity contribution < 1.29 is 23.9 Å². The number of aryl methyl sites for hydroxylation is 1. The van der Waals surface area contributed by atoms with E-state index < -0.39 is 16.6 Å². The number of carbonyl (C=O) groups is 1. The number of non-ortho nitro benzene ring substituents is 1. The minimum absolute atomic E-state index is 0.0178.